The fourth-order valence-electron chi connectivity index (χ4n) is 2.72. The summed E-state index contributed by atoms with van der Waals surface area (Å²) in [6.45, 7) is 2.31. The van der Waals surface area contributed by atoms with E-state index in [1.165, 1.54) is 25.7 Å². The summed E-state index contributed by atoms with van der Waals surface area (Å²) in [5.41, 5.74) is 0. The average Bonchev–Trinajstić information content (AvgIpc) is 2.14. The van der Waals surface area contributed by atoms with Crippen molar-refractivity contribution in [2.75, 3.05) is 0 Å². The fourth-order valence-corrected chi connectivity index (χ4v) is 2.72. The van der Waals surface area contributed by atoms with Gasteiger partial charge in [0.2, 0.25) is 0 Å². The Hall–Kier alpha value is -0.570. The van der Waals surface area contributed by atoms with Gasteiger partial charge in [0.15, 0.2) is 0 Å². The molecule has 0 bridgehead atoms. The SMILES string of the molecule is CC1CCC(NC2CCC2C(=O)O)CC1. The Labute approximate surface area is 91.2 Å². The molecule has 2 unspecified atom stereocenters. The normalized spacial score (nSPS) is 40.9. The molecule has 2 aliphatic rings. The van der Waals surface area contributed by atoms with Gasteiger partial charge in [-0.15, -0.1) is 0 Å². The van der Waals surface area contributed by atoms with E-state index >= 15 is 0 Å². The summed E-state index contributed by atoms with van der Waals surface area (Å²) in [4.78, 5) is 10.8. The van der Waals surface area contributed by atoms with Crippen LogP contribution in [-0.2, 0) is 4.79 Å². The number of aliphatic carboxylic acids is 1. The van der Waals surface area contributed by atoms with Crippen LogP contribution < -0.4 is 5.32 Å². The van der Waals surface area contributed by atoms with Gasteiger partial charge in [-0.2, -0.15) is 0 Å². The van der Waals surface area contributed by atoms with Crippen LogP contribution in [0.2, 0.25) is 0 Å². The van der Waals surface area contributed by atoms with Crippen molar-refractivity contribution in [3.05, 3.63) is 0 Å². The second-order valence-electron chi connectivity index (χ2n) is 5.25. The third-order valence-corrected chi connectivity index (χ3v) is 4.06. The first-order valence-corrected chi connectivity index (χ1v) is 6.15. The number of nitrogens with one attached hydrogen (secondary N) is 1. The Bertz CT molecular complexity index is 234. The van der Waals surface area contributed by atoms with E-state index in [-0.39, 0.29) is 12.0 Å². The Morgan fingerprint density at radius 2 is 1.80 bits per heavy atom. The number of hydrogen-bond donors (Lipinski definition) is 2. The summed E-state index contributed by atoms with van der Waals surface area (Å²) in [7, 11) is 0. The van der Waals surface area contributed by atoms with E-state index in [1.807, 2.05) is 0 Å². The van der Waals surface area contributed by atoms with Gasteiger partial charge >= 0.3 is 5.97 Å². The molecule has 2 saturated carbocycles. The first-order valence-electron chi connectivity index (χ1n) is 6.15. The van der Waals surface area contributed by atoms with Gasteiger partial charge < -0.3 is 10.4 Å². The maximum Gasteiger partial charge on any atom is 0.308 e. The molecule has 0 spiro atoms. The maximum atomic E-state index is 10.8. The number of carboxylic acids is 1. The predicted molar refractivity (Wildman–Crippen MR) is 58.7 cm³/mol. The van der Waals surface area contributed by atoms with Crippen LogP contribution >= 0.6 is 0 Å². The third-order valence-electron chi connectivity index (χ3n) is 4.06. The topological polar surface area (TPSA) is 49.3 Å². The fraction of sp³-hybridized carbons (Fsp3) is 0.917. The second kappa shape index (κ2) is 4.52. The van der Waals surface area contributed by atoms with Crippen molar-refractivity contribution in [1.29, 1.82) is 0 Å². The van der Waals surface area contributed by atoms with E-state index in [0.29, 0.717) is 6.04 Å². The van der Waals surface area contributed by atoms with Gasteiger partial charge in [-0.05, 0) is 44.4 Å². The molecule has 0 heterocycles. The highest BCUT2D eigenvalue weighted by atomic mass is 16.4. The van der Waals surface area contributed by atoms with E-state index in [1.54, 1.807) is 0 Å². The summed E-state index contributed by atoms with van der Waals surface area (Å²) < 4.78 is 0. The van der Waals surface area contributed by atoms with Crippen LogP contribution in [-0.4, -0.2) is 23.2 Å². The number of carbonyl (C=O) groups is 1. The standard InChI is InChI=1S/C12H21NO2/c1-8-2-4-9(5-3-8)13-11-7-6-10(11)12(14)15/h8-11,13H,2-7H2,1H3,(H,14,15). The van der Waals surface area contributed by atoms with Gasteiger partial charge in [-0.3, -0.25) is 4.79 Å². The van der Waals surface area contributed by atoms with Crippen LogP contribution in [0.15, 0.2) is 0 Å². The molecule has 0 aromatic heterocycles. The van der Waals surface area contributed by atoms with Crippen LogP contribution in [0, 0.1) is 11.8 Å². The minimum atomic E-state index is -0.622. The van der Waals surface area contributed by atoms with Crippen molar-refractivity contribution >= 4 is 5.97 Å². The van der Waals surface area contributed by atoms with Crippen LogP contribution in [0.25, 0.3) is 0 Å². The molecule has 15 heavy (non-hydrogen) atoms. The van der Waals surface area contributed by atoms with Gasteiger partial charge in [0.1, 0.15) is 0 Å². The Morgan fingerprint density at radius 3 is 2.27 bits per heavy atom. The van der Waals surface area contributed by atoms with E-state index in [9.17, 15) is 4.79 Å². The molecule has 0 amide bonds. The van der Waals surface area contributed by atoms with Crippen molar-refractivity contribution in [2.45, 2.75) is 57.5 Å². The molecule has 0 aliphatic heterocycles. The molecule has 0 aromatic rings. The largest absolute Gasteiger partial charge is 0.481 e. The highest BCUT2D eigenvalue weighted by Gasteiger charge is 2.37. The molecule has 2 aliphatic carbocycles. The quantitative estimate of drug-likeness (QED) is 0.751. The van der Waals surface area contributed by atoms with Gasteiger partial charge in [0.05, 0.1) is 5.92 Å². The summed E-state index contributed by atoms with van der Waals surface area (Å²) in [6, 6.07) is 0.828. The molecule has 2 N–H and O–H groups in total. The average molecular weight is 211 g/mol. The van der Waals surface area contributed by atoms with E-state index in [4.69, 9.17) is 5.11 Å². The lowest BCUT2D eigenvalue weighted by Crippen LogP contribution is -2.52. The number of hydrogen-bond acceptors (Lipinski definition) is 2. The summed E-state index contributed by atoms with van der Waals surface area (Å²) in [6.07, 6.45) is 6.94. The van der Waals surface area contributed by atoms with E-state index in [0.717, 1.165) is 18.8 Å². The molecular weight excluding hydrogens is 190 g/mol. The molecule has 2 atom stereocenters. The minimum absolute atomic E-state index is 0.121. The smallest absolute Gasteiger partial charge is 0.308 e. The maximum absolute atomic E-state index is 10.8. The highest BCUT2D eigenvalue weighted by Crippen LogP contribution is 2.30. The van der Waals surface area contributed by atoms with Gasteiger partial charge in [0.25, 0.3) is 0 Å². The van der Waals surface area contributed by atoms with Crippen molar-refractivity contribution < 1.29 is 9.90 Å². The van der Waals surface area contributed by atoms with Crippen molar-refractivity contribution in [3.63, 3.8) is 0 Å². The second-order valence-corrected chi connectivity index (χ2v) is 5.25. The highest BCUT2D eigenvalue weighted by molar-refractivity contribution is 5.72. The van der Waals surface area contributed by atoms with Crippen molar-refractivity contribution in [1.82, 2.24) is 5.32 Å². The zero-order valence-electron chi connectivity index (χ0n) is 9.41. The lowest BCUT2D eigenvalue weighted by Gasteiger charge is -2.39. The first-order chi connectivity index (χ1) is 7.16. The van der Waals surface area contributed by atoms with Crippen LogP contribution in [0.3, 0.4) is 0 Å². The molecule has 3 nitrogen and oxygen atoms in total. The molecule has 3 heteroatoms. The Morgan fingerprint density at radius 1 is 1.13 bits per heavy atom. The van der Waals surface area contributed by atoms with Crippen LogP contribution in [0.5, 0.6) is 0 Å². The first kappa shape index (κ1) is 10.9. The molecule has 0 radical (unpaired) electrons. The monoisotopic (exact) mass is 211 g/mol. The molecule has 86 valence electrons. The van der Waals surface area contributed by atoms with Crippen LogP contribution in [0.1, 0.15) is 45.4 Å². The molecule has 0 saturated heterocycles. The number of rotatable bonds is 3. The van der Waals surface area contributed by atoms with Gasteiger partial charge in [-0.25, -0.2) is 0 Å². The Balaban J connectivity index is 1.75. The van der Waals surface area contributed by atoms with E-state index < -0.39 is 5.97 Å². The number of carboxylic acid groups (broad SMARTS) is 1. The zero-order chi connectivity index (χ0) is 10.8. The summed E-state index contributed by atoms with van der Waals surface area (Å²) >= 11 is 0. The van der Waals surface area contributed by atoms with Crippen molar-refractivity contribution in [2.24, 2.45) is 11.8 Å². The summed E-state index contributed by atoms with van der Waals surface area (Å²) in [5.74, 6) is 0.118. The molecular formula is C12H21NO2. The summed E-state index contributed by atoms with van der Waals surface area (Å²) in [5, 5.41) is 12.5. The Kier molecular flexibility index (Phi) is 3.29. The molecule has 2 rings (SSSR count). The van der Waals surface area contributed by atoms with Crippen molar-refractivity contribution in [3.8, 4) is 0 Å². The zero-order valence-corrected chi connectivity index (χ0v) is 9.41. The lowest BCUT2D eigenvalue weighted by molar-refractivity contribution is -0.146. The van der Waals surface area contributed by atoms with E-state index in [2.05, 4.69) is 12.2 Å². The molecule has 2 fully saturated rings. The lowest BCUT2D eigenvalue weighted by atomic mass is 9.78. The van der Waals surface area contributed by atoms with Crippen LogP contribution in [0.4, 0.5) is 0 Å². The van der Waals surface area contributed by atoms with Gasteiger partial charge in [-0.1, -0.05) is 6.92 Å². The molecule has 0 aromatic carbocycles. The predicted octanol–water partition coefficient (Wildman–Crippen LogP) is 2.02. The third kappa shape index (κ3) is 2.51. The minimum Gasteiger partial charge on any atom is -0.481 e. The van der Waals surface area contributed by atoms with Gasteiger partial charge in [0, 0.05) is 12.1 Å².